The highest BCUT2D eigenvalue weighted by Gasteiger charge is 2.36. The van der Waals surface area contributed by atoms with E-state index in [1.165, 1.54) is 32.4 Å². The van der Waals surface area contributed by atoms with Crippen LogP contribution in [0.4, 0.5) is 0 Å². The first kappa shape index (κ1) is 14.9. The fraction of sp³-hybridized carbons (Fsp3) is 0.529. The molecule has 2 heterocycles. The average Bonchev–Trinajstić information content (AvgIpc) is 3.07. The fourth-order valence-electron chi connectivity index (χ4n) is 3.51. The van der Waals surface area contributed by atoms with E-state index in [0.29, 0.717) is 12.6 Å². The SMILES string of the molecule is C#CCOc1ccc(Br)cc1CNC1CCN2CCCC12. The van der Waals surface area contributed by atoms with Crippen molar-refractivity contribution in [1.82, 2.24) is 10.2 Å². The number of ether oxygens (including phenoxy) is 1. The van der Waals surface area contributed by atoms with Crippen molar-refractivity contribution in [2.75, 3.05) is 19.7 Å². The summed E-state index contributed by atoms with van der Waals surface area (Å²) in [5.41, 5.74) is 1.16. The van der Waals surface area contributed by atoms with Gasteiger partial charge in [-0.25, -0.2) is 0 Å². The zero-order valence-electron chi connectivity index (χ0n) is 12.1. The number of nitrogens with one attached hydrogen (secondary N) is 1. The van der Waals surface area contributed by atoms with E-state index in [9.17, 15) is 0 Å². The molecule has 1 aromatic carbocycles. The van der Waals surface area contributed by atoms with Crippen molar-refractivity contribution in [3.63, 3.8) is 0 Å². The van der Waals surface area contributed by atoms with Gasteiger partial charge in [0, 0.05) is 35.2 Å². The second kappa shape index (κ2) is 6.83. The van der Waals surface area contributed by atoms with Crippen LogP contribution in [0.5, 0.6) is 5.75 Å². The quantitative estimate of drug-likeness (QED) is 0.828. The molecule has 3 rings (SSSR count). The van der Waals surface area contributed by atoms with Gasteiger partial charge in [0.05, 0.1) is 0 Å². The lowest BCUT2D eigenvalue weighted by molar-refractivity contribution is 0.297. The first-order chi connectivity index (χ1) is 10.3. The van der Waals surface area contributed by atoms with Gasteiger partial charge in [-0.05, 0) is 44.0 Å². The summed E-state index contributed by atoms with van der Waals surface area (Å²) in [5, 5.41) is 3.72. The van der Waals surface area contributed by atoms with Crippen LogP contribution in [0, 0.1) is 12.3 Å². The third-order valence-electron chi connectivity index (χ3n) is 4.49. The molecule has 0 radical (unpaired) electrons. The van der Waals surface area contributed by atoms with Gasteiger partial charge in [-0.2, -0.15) is 0 Å². The average molecular weight is 349 g/mol. The summed E-state index contributed by atoms with van der Waals surface area (Å²) in [4.78, 5) is 2.62. The standard InChI is InChI=1S/C17H21BrN2O/c1-2-10-21-17-6-5-14(18)11-13(17)12-19-15-7-9-20-8-3-4-16(15)20/h1,5-6,11,15-16,19H,3-4,7-10,12H2. The normalized spacial score (nSPS) is 24.8. The van der Waals surface area contributed by atoms with Crippen LogP contribution in [0.25, 0.3) is 0 Å². The molecular weight excluding hydrogens is 328 g/mol. The van der Waals surface area contributed by atoms with Crippen molar-refractivity contribution in [3.8, 4) is 18.1 Å². The summed E-state index contributed by atoms with van der Waals surface area (Å²) in [7, 11) is 0. The van der Waals surface area contributed by atoms with Gasteiger partial charge < -0.3 is 10.1 Å². The predicted molar refractivity (Wildman–Crippen MR) is 88.3 cm³/mol. The van der Waals surface area contributed by atoms with Gasteiger partial charge in [-0.1, -0.05) is 21.9 Å². The van der Waals surface area contributed by atoms with Crippen LogP contribution in [-0.2, 0) is 6.54 Å². The first-order valence-corrected chi connectivity index (χ1v) is 8.39. The Morgan fingerprint density at radius 3 is 3.14 bits per heavy atom. The number of halogens is 1. The van der Waals surface area contributed by atoms with Crippen LogP contribution in [0.15, 0.2) is 22.7 Å². The Morgan fingerprint density at radius 2 is 2.29 bits per heavy atom. The lowest BCUT2D eigenvalue weighted by Gasteiger charge is -2.22. The molecule has 2 fully saturated rings. The third kappa shape index (κ3) is 3.42. The number of nitrogens with zero attached hydrogens (tertiary/aromatic N) is 1. The number of hydrogen-bond acceptors (Lipinski definition) is 3. The molecule has 2 atom stereocenters. The van der Waals surface area contributed by atoms with Crippen LogP contribution in [0.1, 0.15) is 24.8 Å². The van der Waals surface area contributed by atoms with E-state index in [0.717, 1.165) is 28.4 Å². The van der Waals surface area contributed by atoms with Crippen molar-refractivity contribution in [3.05, 3.63) is 28.2 Å². The lowest BCUT2D eigenvalue weighted by atomic mass is 10.1. The molecule has 112 valence electrons. The highest BCUT2D eigenvalue weighted by Crippen LogP contribution is 2.29. The Kier molecular flexibility index (Phi) is 4.84. The van der Waals surface area contributed by atoms with E-state index in [1.807, 2.05) is 12.1 Å². The molecule has 1 aromatic rings. The maximum atomic E-state index is 5.64. The van der Waals surface area contributed by atoms with Gasteiger partial charge in [0.15, 0.2) is 0 Å². The minimum absolute atomic E-state index is 0.314. The highest BCUT2D eigenvalue weighted by molar-refractivity contribution is 9.10. The van der Waals surface area contributed by atoms with Gasteiger partial charge in [-0.15, -0.1) is 6.42 Å². The summed E-state index contributed by atoms with van der Waals surface area (Å²) in [5.74, 6) is 3.40. The van der Waals surface area contributed by atoms with Gasteiger partial charge in [0.25, 0.3) is 0 Å². The molecule has 2 saturated heterocycles. The van der Waals surface area contributed by atoms with Crippen molar-refractivity contribution >= 4 is 15.9 Å². The molecule has 0 aliphatic carbocycles. The summed E-state index contributed by atoms with van der Waals surface area (Å²) >= 11 is 3.53. The van der Waals surface area contributed by atoms with Gasteiger partial charge in [0.1, 0.15) is 12.4 Å². The first-order valence-electron chi connectivity index (χ1n) is 7.60. The molecular formula is C17H21BrN2O. The maximum absolute atomic E-state index is 5.64. The molecule has 4 heteroatoms. The molecule has 0 aromatic heterocycles. The third-order valence-corrected chi connectivity index (χ3v) is 4.99. The van der Waals surface area contributed by atoms with Gasteiger partial charge in [0.2, 0.25) is 0 Å². The molecule has 2 aliphatic heterocycles. The number of terminal acetylenes is 1. The van der Waals surface area contributed by atoms with Crippen LogP contribution in [0.2, 0.25) is 0 Å². The second-order valence-electron chi connectivity index (χ2n) is 5.77. The second-order valence-corrected chi connectivity index (χ2v) is 6.68. The number of hydrogen-bond donors (Lipinski definition) is 1. The molecule has 0 bridgehead atoms. The summed E-state index contributed by atoms with van der Waals surface area (Å²) < 4.78 is 6.71. The number of benzene rings is 1. The van der Waals surface area contributed by atoms with E-state index in [-0.39, 0.29) is 0 Å². The zero-order chi connectivity index (χ0) is 14.7. The van der Waals surface area contributed by atoms with E-state index >= 15 is 0 Å². The molecule has 1 N–H and O–H groups in total. The maximum Gasteiger partial charge on any atom is 0.148 e. The van der Waals surface area contributed by atoms with Crippen LogP contribution >= 0.6 is 15.9 Å². The minimum atomic E-state index is 0.314. The Bertz CT molecular complexity index is 540. The van der Waals surface area contributed by atoms with Crippen molar-refractivity contribution in [2.24, 2.45) is 0 Å². The molecule has 0 saturated carbocycles. The monoisotopic (exact) mass is 348 g/mol. The Labute approximate surface area is 135 Å². The molecule has 21 heavy (non-hydrogen) atoms. The van der Waals surface area contributed by atoms with Crippen molar-refractivity contribution in [2.45, 2.75) is 37.9 Å². The topological polar surface area (TPSA) is 24.5 Å². The van der Waals surface area contributed by atoms with Crippen molar-refractivity contribution in [1.29, 1.82) is 0 Å². The Morgan fingerprint density at radius 1 is 1.38 bits per heavy atom. The van der Waals surface area contributed by atoms with E-state index in [2.05, 4.69) is 38.1 Å². The van der Waals surface area contributed by atoms with Crippen LogP contribution in [-0.4, -0.2) is 36.7 Å². The van der Waals surface area contributed by atoms with Gasteiger partial charge >= 0.3 is 0 Å². The fourth-order valence-corrected chi connectivity index (χ4v) is 3.92. The molecule has 0 spiro atoms. The molecule has 0 amide bonds. The number of rotatable bonds is 5. The molecule has 2 unspecified atom stereocenters. The van der Waals surface area contributed by atoms with Crippen molar-refractivity contribution < 1.29 is 4.74 Å². The van der Waals surface area contributed by atoms with Gasteiger partial charge in [-0.3, -0.25) is 4.90 Å². The summed E-state index contributed by atoms with van der Waals surface area (Å²) in [6, 6.07) is 7.41. The summed E-state index contributed by atoms with van der Waals surface area (Å²) in [6.45, 7) is 3.65. The Balaban J connectivity index is 1.64. The highest BCUT2D eigenvalue weighted by atomic mass is 79.9. The lowest BCUT2D eigenvalue weighted by Crippen LogP contribution is -2.38. The largest absolute Gasteiger partial charge is 0.481 e. The van der Waals surface area contributed by atoms with E-state index in [1.54, 1.807) is 0 Å². The zero-order valence-corrected chi connectivity index (χ0v) is 13.7. The molecule has 2 aliphatic rings. The predicted octanol–water partition coefficient (Wildman–Crippen LogP) is 2.79. The Hall–Kier alpha value is -1.02. The summed E-state index contributed by atoms with van der Waals surface area (Å²) in [6.07, 6.45) is 9.21. The van der Waals surface area contributed by atoms with E-state index in [4.69, 9.17) is 11.2 Å². The van der Waals surface area contributed by atoms with E-state index < -0.39 is 0 Å². The smallest absolute Gasteiger partial charge is 0.148 e. The van der Waals surface area contributed by atoms with Crippen LogP contribution < -0.4 is 10.1 Å². The number of fused-ring (bicyclic) bond motifs is 1. The molecule has 3 nitrogen and oxygen atoms in total. The minimum Gasteiger partial charge on any atom is -0.481 e. The van der Waals surface area contributed by atoms with Crippen LogP contribution in [0.3, 0.4) is 0 Å².